The SMILES string of the molecule is CC(CNC(=O)CCCc1ccccc1)C(=O)O. The molecule has 0 radical (unpaired) electrons. The summed E-state index contributed by atoms with van der Waals surface area (Å²) in [4.78, 5) is 22.0. The zero-order chi connectivity index (χ0) is 13.4. The third-order valence-electron chi connectivity index (χ3n) is 2.74. The lowest BCUT2D eigenvalue weighted by molar-refractivity contribution is -0.141. The summed E-state index contributed by atoms with van der Waals surface area (Å²) in [6.45, 7) is 1.77. The molecule has 0 fully saturated rings. The fourth-order valence-corrected chi connectivity index (χ4v) is 1.54. The van der Waals surface area contributed by atoms with Gasteiger partial charge in [-0.05, 0) is 18.4 Å². The van der Waals surface area contributed by atoms with Crippen molar-refractivity contribution in [3.8, 4) is 0 Å². The summed E-state index contributed by atoms with van der Waals surface area (Å²) in [5.41, 5.74) is 1.21. The van der Waals surface area contributed by atoms with Crippen LogP contribution >= 0.6 is 0 Å². The minimum absolute atomic E-state index is 0.0842. The van der Waals surface area contributed by atoms with Gasteiger partial charge in [0.25, 0.3) is 0 Å². The lowest BCUT2D eigenvalue weighted by atomic mass is 10.1. The highest BCUT2D eigenvalue weighted by atomic mass is 16.4. The van der Waals surface area contributed by atoms with Gasteiger partial charge in [0.1, 0.15) is 0 Å². The lowest BCUT2D eigenvalue weighted by Crippen LogP contribution is -2.31. The molecule has 98 valence electrons. The first-order valence-electron chi connectivity index (χ1n) is 6.13. The normalized spacial score (nSPS) is 11.8. The second-order valence-electron chi connectivity index (χ2n) is 4.38. The number of rotatable bonds is 7. The maximum Gasteiger partial charge on any atom is 0.308 e. The molecule has 1 aromatic rings. The van der Waals surface area contributed by atoms with Crippen LogP contribution in [0.15, 0.2) is 30.3 Å². The number of hydrogen-bond donors (Lipinski definition) is 2. The molecule has 1 unspecified atom stereocenters. The maximum absolute atomic E-state index is 11.5. The number of hydrogen-bond acceptors (Lipinski definition) is 2. The van der Waals surface area contributed by atoms with E-state index in [1.165, 1.54) is 5.56 Å². The van der Waals surface area contributed by atoms with E-state index in [9.17, 15) is 9.59 Å². The first-order valence-corrected chi connectivity index (χ1v) is 6.13. The predicted molar refractivity (Wildman–Crippen MR) is 69.2 cm³/mol. The monoisotopic (exact) mass is 249 g/mol. The van der Waals surface area contributed by atoms with Crippen LogP contribution in [0.5, 0.6) is 0 Å². The van der Waals surface area contributed by atoms with Crippen LogP contribution < -0.4 is 5.32 Å². The van der Waals surface area contributed by atoms with Crippen molar-refractivity contribution in [2.24, 2.45) is 5.92 Å². The minimum Gasteiger partial charge on any atom is -0.481 e. The largest absolute Gasteiger partial charge is 0.481 e. The van der Waals surface area contributed by atoms with Gasteiger partial charge in [0, 0.05) is 13.0 Å². The second kappa shape index (κ2) is 7.48. The van der Waals surface area contributed by atoms with Crippen molar-refractivity contribution in [1.82, 2.24) is 5.32 Å². The molecular weight excluding hydrogens is 230 g/mol. The molecule has 0 heterocycles. The smallest absolute Gasteiger partial charge is 0.308 e. The molecule has 0 aromatic heterocycles. The molecule has 4 heteroatoms. The van der Waals surface area contributed by atoms with Crippen LogP contribution in [0.4, 0.5) is 0 Å². The molecule has 0 aliphatic heterocycles. The molecule has 1 atom stereocenters. The van der Waals surface area contributed by atoms with Crippen molar-refractivity contribution in [2.45, 2.75) is 26.2 Å². The standard InChI is InChI=1S/C14H19NO3/c1-11(14(17)18)10-15-13(16)9-5-8-12-6-3-2-4-7-12/h2-4,6-7,11H,5,8-10H2,1H3,(H,15,16)(H,17,18). The van der Waals surface area contributed by atoms with Gasteiger partial charge in [-0.1, -0.05) is 37.3 Å². The average Bonchev–Trinajstić information content (AvgIpc) is 2.37. The van der Waals surface area contributed by atoms with Crippen LogP contribution in [0.2, 0.25) is 0 Å². The molecule has 1 aromatic carbocycles. The summed E-state index contributed by atoms with van der Waals surface area (Å²) in [5, 5.41) is 11.3. The van der Waals surface area contributed by atoms with Gasteiger partial charge in [0.15, 0.2) is 0 Å². The maximum atomic E-state index is 11.5. The van der Waals surface area contributed by atoms with Gasteiger partial charge < -0.3 is 10.4 Å². The molecule has 18 heavy (non-hydrogen) atoms. The molecule has 0 aliphatic carbocycles. The number of aliphatic carboxylic acids is 1. The highest BCUT2D eigenvalue weighted by molar-refractivity contribution is 5.77. The highest BCUT2D eigenvalue weighted by Gasteiger charge is 2.11. The quantitative estimate of drug-likeness (QED) is 0.775. The van der Waals surface area contributed by atoms with Gasteiger partial charge in [0.2, 0.25) is 5.91 Å². The van der Waals surface area contributed by atoms with Gasteiger partial charge in [0.05, 0.1) is 5.92 Å². The van der Waals surface area contributed by atoms with Crippen LogP contribution in [0, 0.1) is 5.92 Å². The fraction of sp³-hybridized carbons (Fsp3) is 0.429. The van der Waals surface area contributed by atoms with Crippen molar-refractivity contribution < 1.29 is 14.7 Å². The van der Waals surface area contributed by atoms with E-state index in [1.54, 1.807) is 6.92 Å². The molecule has 1 amide bonds. The van der Waals surface area contributed by atoms with Gasteiger partial charge in [-0.15, -0.1) is 0 Å². The molecule has 0 saturated heterocycles. The van der Waals surface area contributed by atoms with Crippen molar-refractivity contribution in [3.63, 3.8) is 0 Å². The van der Waals surface area contributed by atoms with E-state index in [-0.39, 0.29) is 12.5 Å². The predicted octanol–water partition coefficient (Wildman–Crippen LogP) is 1.85. The van der Waals surface area contributed by atoms with E-state index in [4.69, 9.17) is 5.11 Å². The first kappa shape index (κ1) is 14.2. The Bertz CT molecular complexity index is 389. The number of aryl methyl sites for hydroxylation is 1. The average molecular weight is 249 g/mol. The summed E-state index contributed by atoms with van der Waals surface area (Å²) in [7, 11) is 0. The van der Waals surface area contributed by atoms with Crippen LogP contribution in [0.3, 0.4) is 0 Å². The lowest BCUT2D eigenvalue weighted by Gasteiger charge is -2.08. The first-order chi connectivity index (χ1) is 8.59. The summed E-state index contributed by atoms with van der Waals surface area (Å²) >= 11 is 0. The Labute approximate surface area is 107 Å². The second-order valence-corrected chi connectivity index (χ2v) is 4.38. The summed E-state index contributed by atoms with van der Waals surface area (Å²) < 4.78 is 0. The Balaban J connectivity index is 2.16. The van der Waals surface area contributed by atoms with Gasteiger partial charge >= 0.3 is 5.97 Å². The zero-order valence-electron chi connectivity index (χ0n) is 10.6. The van der Waals surface area contributed by atoms with Crippen LogP contribution in [-0.4, -0.2) is 23.5 Å². The van der Waals surface area contributed by atoms with Crippen LogP contribution in [-0.2, 0) is 16.0 Å². The van der Waals surface area contributed by atoms with Crippen LogP contribution in [0.1, 0.15) is 25.3 Å². The molecule has 2 N–H and O–H groups in total. The van der Waals surface area contributed by atoms with Gasteiger partial charge in [-0.25, -0.2) is 0 Å². The molecule has 4 nitrogen and oxygen atoms in total. The van der Waals surface area contributed by atoms with E-state index in [0.717, 1.165) is 12.8 Å². The Morgan fingerprint density at radius 3 is 2.56 bits per heavy atom. The van der Waals surface area contributed by atoms with Crippen molar-refractivity contribution in [3.05, 3.63) is 35.9 Å². The summed E-state index contributed by atoms with van der Waals surface area (Å²) in [5.74, 6) is -1.51. The molecular formula is C14H19NO3. The van der Waals surface area contributed by atoms with E-state index in [2.05, 4.69) is 5.32 Å². The minimum atomic E-state index is -0.889. The van der Waals surface area contributed by atoms with Gasteiger partial charge in [-0.2, -0.15) is 0 Å². The van der Waals surface area contributed by atoms with Crippen molar-refractivity contribution in [2.75, 3.05) is 6.54 Å². The number of carbonyl (C=O) groups excluding carboxylic acids is 1. The van der Waals surface area contributed by atoms with E-state index < -0.39 is 11.9 Å². The third-order valence-corrected chi connectivity index (χ3v) is 2.74. The summed E-state index contributed by atoms with van der Waals surface area (Å²) in [6.07, 6.45) is 2.07. The number of benzene rings is 1. The van der Waals surface area contributed by atoms with Gasteiger partial charge in [-0.3, -0.25) is 9.59 Å². The number of carbonyl (C=O) groups is 2. The van der Waals surface area contributed by atoms with Crippen LogP contribution in [0.25, 0.3) is 0 Å². The Morgan fingerprint density at radius 2 is 1.94 bits per heavy atom. The number of carboxylic acid groups (broad SMARTS) is 1. The third kappa shape index (κ3) is 5.48. The van der Waals surface area contributed by atoms with Crippen molar-refractivity contribution >= 4 is 11.9 Å². The van der Waals surface area contributed by atoms with Crippen molar-refractivity contribution in [1.29, 1.82) is 0 Å². The Hall–Kier alpha value is -1.84. The highest BCUT2D eigenvalue weighted by Crippen LogP contribution is 2.04. The number of carboxylic acids is 1. The summed E-state index contributed by atoms with van der Waals surface area (Å²) in [6, 6.07) is 9.98. The molecule has 1 rings (SSSR count). The molecule has 0 saturated carbocycles. The molecule has 0 bridgehead atoms. The fourth-order valence-electron chi connectivity index (χ4n) is 1.54. The topological polar surface area (TPSA) is 66.4 Å². The number of nitrogens with one attached hydrogen (secondary N) is 1. The van der Waals surface area contributed by atoms with E-state index >= 15 is 0 Å². The van der Waals surface area contributed by atoms with E-state index in [0.29, 0.717) is 6.42 Å². The van der Waals surface area contributed by atoms with E-state index in [1.807, 2.05) is 30.3 Å². The molecule has 0 aliphatic rings. The molecule has 0 spiro atoms. The Kier molecular flexibility index (Phi) is 5.91. The zero-order valence-corrected chi connectivity index (χ0v) is 10.6. The Morgan fingerprint density at radius 1 is 1.28 bits per heavy atom. The number of amides is 1.